The topological polar surface area (TPSA) is 85.0 Å². The van der Waals surface area contributed by atoms with Crippen LogP contribution in [0, 0.1) is 0 Å². The molecule has 0 saturated heterocycles. The number of methoxy groups -OCH3 is 1. The summed E-state index contributed by atoms with van der Waals surface area (Å²) in [6.45, 7) is 0.433. The Bertz CT molecular complexity index is 1320. The van der Waals surface area contributed by atoms with Gasteiger partial charge in [0.05, 0.1) is 12.6 Å². The van der Waals surface area contributed by atoms with E-state index in [1.807, 2.05) is 54.7 Å². The number of aromatic amines is 1. The van der Waals surface area contributed by atoms with Gasteiger partial charge in [0.2, 0.25) is 0 Å². The maximum absolute atomic E-state index is 5.91. The Hall–Kier alpha value is -4.13. The molecule has 3 heterocycles. The Morgan fingerprint density at radius 3 is 2.87 bits per heavy atom. The van der Waals surface area contributed by atoms with E-state index in [0.29, 0.717) is 18.2 Å². The Morgan fingerprint density at radius 2 is 2.00 bits per heavy atom. The quantitative estimate of drug-likeness (QED) is 0.427. The summed E-state index contributed by atoms with van der Waals surface area (Å²) in [6, 6.07) is 18.0. The number of nitrogens with zero attached hydrogens (tertiary/aromatic N) is 3. The summed E-state index contributed by atoms with van der Waals surface area (Å²) in [4.78, 5) is 16.3. The lowest BCUT2D eigenvalue weighted by molar-refractivity contribution is 0.306. The average molecular weight is 397 g/mol. The van der Waals surface area contributed by atoms with Crippen molar-refractivity contribution in [3.05, 3.63) is 78.8 Å². The monoisotopic (exact) mass is 397 g/mol. The number of aromatic nitrogens is 4. The summed E-state index contributed by atoms with van der Waals surface area (Å²) in [5.74, 6) is 1.38. The lowest BCUT2D eigenvalue weighted by Gasteiger charge is -2.12. The van der Waals surface area contributed by atoms with Crippen LogP contribution in [0.25, 0.3) is 21.8 Å². The molecule has 148 valence electrons. The SMILES string of the molecule is COc1nc(Nc2ccc3cc[nH]c3c2)c2ccc(OCc3cccnc3)cc2n1. The van der Waals surface area contributed by atoms with Crippen molar-refractivity contribution >= 4 is 33.3 Å². The van der Waals surface area contributed by atoms with E-state index in [1.54, 1.807) is 19.5 Å². The van der Waals surface area contributed by atoms with Crippen molar-refractivity contribution in [2.75, 3.05) is 12.4 Å². The first-order chi connectivity index (χ1) is 14.8. The molecule has 7 nitrogen and oxygen atoms in total. The summed E-state index contributed by atoms with van der Waals surface area (Å²) < 4.78 is 11.2. The lowest BCUT2D eigenvalue weighted by atomic mass is 10.2. The molecule has 0 atom stereocenters. The van der Waals surface area contributed by atoms with Crippen LogP contribution in [0.1, 0.15) is 5.56 Å². The van der Waals surface area contributed by atoms with Crippen molar-refractivity contribution in [1.82, 2.24) is 19.9 Å². The van der Waals surface area contributed by atoms with Crippen LogP contribution in [0.2, 0.25) is 0 Å². The number of anilines is 2. The van der Waals surface area contributed by atoms with Gasteiger partial charge in [-0.25, -0.2) is 0 Å². The van der Waals surface area contributed by atoms with E-state index in [4.69, 9.17) is 9.47 Å². The Kier molecular flexibility index (Phi) is 4.61. The second kappa shape index (κ2) is 7.71. The number of benzene rings is 2. The van der Waals surface area contributed by atoms with Gasteiger partial charge in [0.25, 0.3) is 0 Å². The second-order valence-corrected chi connectivity index (χ2v) is 6.79. The standard InChI is InChI=1S/C23H19N5O2/c1-29-23-27-21-12-18(30-14-15-3-2-9-24-13-15)6-7-19(21)22(28-23)26-17-5-4-16-8-10-25-20(16)11-17/h2-13,25H,14H2,1H3,(H,26,27,28). The third-order valence-corrected chi connectivity index (χ3v) is 4.78. The number of nitrogens with one attached hydrogen (secondary N) is 2. The molecule has 0 bridgehead atoms. The minimum Gasteiger partial charge on any atom is -0.489 e. The molecule has 0 saturated carbocycles. The first-order valence-corrected chi connectivity index (χ1v) is 9.50. The maximum Gasteiger partial charge on any atom is 0.318 e. The molecule has 5 rings (SSSR count). The number of rotatable bonds is 6. The minimum absolute atomic E-state index is 0.287. The summed E-state index contributed by atoms with van der Waals surface area (Å²) in [6.07, 6.45) is 5.45. The van der Waals surface area contributed by atoms with Crippen molar-refractivity contribution in [1.29, 1.82) is 0 Å². The van der Waals surface area contributed by atoms with Gasteiger partial charge in [0.1, 0.15) is 18.2 Å². The van der Waals surface area contributed by atoms with Gasteiger partial charge in [-0.15, -0.1) is 0 Å². The van der Waals surface area contributed by atoms with Gasteiger partial charge in [-0.1, -0.05) is 12.1 Å². The molecule has 2 aromatic carbocycles. The first-order valence-electron chi connectivity index (χ1n) is 9.50. The third-order valence-electron chi connectivity index (χ3n) is 4.78. The molecule has 0 spiro atoms. The van der Waals surface area contributed by atoms with Crippen molar-refractivity contribution in [3.8, 4) is 11.8 Å². The highest BCUT2D eigenvalue weighted by atomic mass is 16.5. The van der Waals surface area contributed by atoms with E-state index in [2.05, 4.69) is 31.3 Å². The molecule has 2 N–H and O–H groups in total. The largest absolute Gasteiger partial charge is 0.489 e. The second-order valence-electron chi connectivity index (χ2n) is 6.79. The van der Waals surface area contributed by atoms with Gasteiger partial charge < -0.3 is 19.8 Å². The van der Waals surface area contributed by atoms with E-state index in [9.17, 15) is 0 Å². The van der Waals surface area contributed by atoms with Gasteiger partial charge in [-0.2, -0.15) is 9.97 Å². The first kappa shape index (κ1) is 17.9. The Morgan fingerprint density at radius 1 is 1.03 bits per heavy atom. The highest BCUT2D eigenvalue weighted by Gasteiger charge is 2.11. The van der Waals surface area contributed by atoms with E-state index < -0.39 is 0 Å². The molecular weight excluding hydrogens is 378 g/mol. The van der Waals surface area contributed by atoms with E-state index in [1.165, 1.54) is 0 Å². The molecule has 0 aliphatic rings. The number of hydrogen-bond donors (Lipinski definition) is 2. The highest BCUT2D eigenvalue weighted by Crippen LogP contribution is 2.30. The number of ether oxygens (including phenoxy) is 2. The van der Waals surface area contributed by atoms with Gasteiger partial charge in [-0.3, -0.25) is 4.98 Å². The fourth-order valence-corrected chi connectivity index (χ4v) is 3.28. The zero-order chi connectivity index (χ0) is 20.3. The normalized spacial score (nSPS) is 11.0. The molecule has 7 heteroatoms. The van der Waals surface area contributed by atoms with Crippen LogP contribution in [0.3, 0.4) is 0 Å². The van der Waals surface area contributed by atoms with E-state index in [0.717, 1.165) is 33.1 Å². The summed E-state index contributed by atoms with van der Waals surface area (Å²) in [7, 11) is 1.55. The molecule has 0 unspecified atom stereocenters. The molecular formula is C23H19N5O2. The van der Waals surface area contributed by atoms with Crippen molar-refractivity contribution in [3.63, 3.8) is 0 Å². The van der Waals surface area contributed by atoms with Gasteiger partial charge in [0.15, 0.2) is 0 Å². The fourth-order valence-electron chi connectivity index (χ4n) is 3.28. The van der Waals surface area contributed by atoms with Crippen LogP contribution < -0.4 is 14.8 Å². The zero-order valence-corrected chi connectivity index (χ0v) is 16.3. The van der Waals surface area contributed by atoms with Crippen LogP contribution >= 0.6 is 0 Å². The van der Waals surface area contributed by atoms with Crippen LogP contribution in [0.4, 0.5) is 11.5 Å². The molecule has 0 aliphatic heterocycles. The Labute approximate surface area is 172 Å². The number of hydrogen-bond acceptors (Lipinski definition) is 6. The van der Waals surface area contributed by atoms with Crippen LogP contribution in [0.5, 0.6) is 11.8 Å². The van der Waals surface area contributed by atoms with Gasteiger partial charge in [-0.05, 0) is 41.8 Å². The fraction of sp³-hybridized carbons (Fsp3) is 0.0870. The van der Waals surface area contributed by atoms with Gasteiger partial charge >= 0.3 is 6.01 Å². The molecule has 5 aromatic rings. The molecule has 3 aromatic heterocycles. The Balaban J connectivity index is 1.46. The minimum atomic E-state index is 0.287. The highest BCUT2D eigenvalue weighted by molar-refractivity contribution is 5.93. The molecule has 30 heavy (non-hydrogen) atoms. The van der Waals surface area contributed by atoms with Crippen molar-refractivity contribution in [2.45, 2.75) is 6.61 Å². The smallest absolute Gasteiger partial charge is 0.318 e. The molecule has 0 radical (unpaired) electrons. The number of pyridine rings is 1. The zero-order valence-electron chi connectivity index (χ0n) is 16.3. The third kappa shape index (κ3) is 3.60. The molecule has 0 fully saturated rings. The molecule has 0 aliphatic carbocycles. The van der Waals surface area contributed by atoms with Gasteiger partial charge in [0, 0.05) is 46.8 Å². The molecule has 0 amide bonds. The number of fused-ring (bicyclic) bond motifs is 2. The predicted octanol–water partition coefficient (Wildman–Crippen LogP) is 4.84. The predicted molar refractivity (Wildman–Crippen MR) is 116 cm³/mol. The average Bonchev–Trinajstić information content (AvgIpc) is 3.26. The van der Waals surface area contributed by atoms with E-state index >= 15 is 0 Å². The van der Waals surface area contributed by atoms with E-state index in [-0.39, 0.29) is 6.01 Å². The summed E-state index contributed by atoms with van der Waals surface area (Å²) in [5, 5.41) is 5.41. The lowest BCUT2D eigenvalue weighted by Crippen LogP contribution is -2.01. The maximum atomic E-state index is 5.91. The van der Waals surface area contributed by atoms with Crippen LogP contribution in [-0.2, 0) is 6.61 Å². The summed E-state index contributed by atoms with van der Waals surface area (Å²) >= 11 is 0. The summed E-state index contributed by atoms with van der Waals surface area (Å²) in [5.41, 5.74) is 3.70. The van der Waals surface area contributed by atoms with Crippen molar-refractivity contribution < 1.29 is 9.47 Å². The van der Waals surface area contributed by atoms with Crippen molar-refractivity contribution in [2.24, 2.45) is 0 Å². The van der Waals surface area contributed by atoms with Crippen LogP contribution in [0.15, 0.2) is 73.2 Å². The van der Waals surface area contributed by atoms with Crippen LogP contribution in [-0.4, -0.2) is 27.0 Å². The number of H-pyrrole nitrogens is 1.